The standard InChI is InChI=1S/C17H17NO3/c1-20-16-9-5-8-14(11-16)18-15(12-21-17(18)19)10-13-6-3-2-4-7-13/h2-9,11,15H,10,12H2,1H3/t15-/m0/s1. The molecule has 0 unspecified atom stereocenters. The van der Waals surface area contributed by atoms with E-state index in [2.05, 4.69) is 12.1 Å². The van der Waals surface area contributed by atoms with Crippen LogP contribution in [0.15, 0.2) is 54.6 Å². The minimum absolute atomic E-state index is 0.00649. The highest BCUT2D eigenvalue weighted by Crippen LogP contribution is 2.28. The minimum Gasteiger partial charge on any atom is -0.497 e. The lowest BCUT2D eigenvalue weighted by Gasteiger charge is -2.22. The van der Waals surface area contributed by atoms with Gasteiger partial charge in [0.2, 0.25) is 0 Å². The first-order chi connectivity index (χ1) is 10.3. The fourth-order valence-corrected chi connectivity index (χ4v) is 2.57. The van der Waals surface area contributed by atoms with Crippen molar-refractivity contribution in [3.63, 3.8) is 0 Å². The van der Waals surface area contributed by atoms with E-state index in [1.807, 2.05) is 42.5 Å². The Hall–Kier alpha value is -2.49. The average molecular weight is 283 g/mol. The maximum Gasteiger partial charge on any atom is 0.414 e. The summed E-state index contributed by atoms with van der Waals surface area (Å²) in [6.07, 6.45) is 0.466. The normalized spacial score (nSPS) is 17.7. The van der Waals surface area contributed by atoms with Crippen molar-refractivity contribution < 1.29 is 14.3 Å². The summed E-state index contributed by atoms with van der Waals surface area (Å²) in [6, 6.07) is 17.6. The second-order valence-electron chi connectivity index (χ2n) is 4.99. The van der Waals surface area contributed by atoms with E-state index in [0.717, 1.165) is 17.9 Å². The Kier molecular flexibility index (Phi) is 3.77. The molecule has 1 atom stereocenters. The monoisotopic (exact) mass is 283 g/mol. The second kappa shape index (κ2) is 5.87. The molecule has 2 aromatic rings. The molecule has 1 aliphatic rings. The molecule has 1 fully saturated rings. The van der Waals surface area contributed by atoms with Gasteiger partial charge < -0.3 is 9.47 Å². The zero-order chi connectivity index (χ0) is 14.7. The predicted molar refractivity (Wildman–Crippen MR) is 80.8 cm³/mol. The Morgan fingerprint density at radius 2 is 2.00 bits per heavy atom. The van der Waals surface area contributed by atoms with Crippen molar-refractivity contribution in [2.45, 2.75) is 12.5 Å². The molecule has 0 spiro atoms. The number of hydrogen-bond donors (Lipinski definition) is 0. The number of carbonyl (C=O) groups excluding carboxylic acids is 1. The summed E-state index contributed by atoms with van der Waals surface area (Å²) in [4.78, 5) is 13.7. The highest BCUT2D eigenvalue weighted by Gasteiger charge is 2.34. The number of rotatable bonds is 4. The van der Waals surface area contributed by atoms with Crippen LogP contribution in [0.5, 0.6) is 5.75 Å². The van der Waals surface area contributed by atoms with Crippen LogP contribution in [0.1, 0.15) is 5.56 Å². The fraction of sp³-hybridized carbons (Fsp3) is 0.235. The number of carbonyl (C=O) groups is 1. The van der Waals surface area contributed by atoms with Gasteiger partial charge in [-0.2, -0.15) is 0 Å². The SMILES string of the molecule is COc1cccc(N2C(=O)OC[C@@H]2Cc2ccccc2)c1. The zero-order valence-corrected chi connectivity index (χ0v) is 11.9. The molecule has 4 nitrogen and oxygen atoms in total. The lowest BCUT2D eigenvalue weighted by atomic mass is 10.1. The molecule has 0 N–H and O–H groups in total. The van der Waals surface area contributed by atoms with Crippen molar-refractivity contribution in [3.8, 4) is 5.75 Å². The quantitative estimate of drug-likeness (QED) is 0.864. The Balaban J connectivity index is 1.85. The van der Waals surface area contributed by atoms with Gasteiger partial charge in [0.15, 0.2) is 0 Å². The average Bonchev–Trinajstić information content (AvgIpc) is 2.89. The molecule has 0 bridgehead atoms. The van der Waals surface area contributed by atoms with Gasteiger partial charge in [0, 0.05) is 6.07 Å². The Morgan fingerprint density at radius 1 is 1.19 bits per heavy atom. The fourth-order valence-electron chi connectivity index (χ4n) is 2.57. The number of cyclic esters (lactones) is 1. The first kappa shape index (κ1) is 13.5. The lowest BCUT2D eigenvalue weighted by molar-refractivity contribution is 0.178. The van der Waals surface area contributed by atoms with E-state index in [-0.39, 0.29) is 12.1 Å². The van der Waals surface area contributed by atoms with E-state index in [4.69, 9.17) is 9.47 Å². The summed E-state index contributed by atoms with van der Waals surface area (Å²) in [6.45, 7) is 0.408. The van der Waals surface area contributed by atoms with E-state index < -0.39 is 0 Å². The Bertz CT molecular complexity index is 627. The van der Waals surface area contributed by atoms with Crippen molar-refractivity contribution in [2.24, 2.45) is 0 Å². The van der Waals surface area contributed by atoms with Crippen LogP contribution in [0, 0.1) is 0 Å². The Morgan fingerprint density at radius 3 is 2.76 bits per heavy atom. The number of ether oxygens (including phenoxy) is 2. The lowest BCUT2D eigenvalue weighted by Crippen LogP contribution is -2.35. The van der Waals surface area contributed by atoms with Crippen LogP contribution in [-0.2, 0) is 11.2 Å². The topological polar surface area (TPSA) is 38.8 Å². The van der Waals surface area contributed by atoms with Crippen LogP contribution in [0.2, 0.25) is 0 Å². The highest BCUT2D eigenvalue weighted by molar-refractivity contribution is 5.90. The molecular formula is C17H17NO3. The predicted octanol–water partition coefficient (Wildman–Crippen LogP) is 3.26. The van der Waals surface area contributed by atoms with Crippen molar-refractivity contribution in [1.82, 2.24) is 0 Å². The molecule has 0 radical (unpaired) electrons. The molecular weight excluding hydrogens is 266 g/mol. The molecule has 21 heavy (non-hydrogen) atoms. The summed E-state index contributed by atoms with van der Waals surface area (Å²) in [7, 11) is 1.61. The number of anilines is 1. The third-order valence-corrected chi connectivity index (χ3v) is 3.61. The van der Waals surface area contributed by atoms with Gasteiger partial charge in [-0.25, -0.2) is 4.79 Å². The number of nitrogens with zero attached hydrogens (tertiary/aromatic N) is 1. The number of hydrogen-bond acceptors (Lipinski definition) is 3. The summed E-state index contributed by atoms with van der Waals surface area (Å²) in [5.74, 6) is 0.727. The minimum atomic E-state index is -0.302. The second-order valence-corrected chi connectivity index (χ2v) is 4.99. The summed E-state index contributed by atoms with van der Waals surface area (Å²) in [5.41, 5.74) is 1.99. The molecule has 0 saturated carbocycles. The molecule has 1 heterocycles. The number of benzene rings is 2. The third kappa shape index (κ3) is 2.84. The van der Waals surface area contributed by atoms with E-state index in [9.17, 15) is 4.79 Å². The van der Waals surface area contributed by atoms with Crippen LogP contribution in [0.25, 0.3) is 0 Å². The zero-order valence-electron chi connectivity index (χ0n) is 11.9. The molecule has 3 rings (SSSR count). The van der Waals surface area contributed by atoms with Gasteiger partial charge in [0.05, 0.1) is 18.8 Å². The maximum atomic E-state index is 12.0. The third-order valence-electron chi connectivity index (χ3n) is 3.61. The van der Waals surface area contributed by atoms with Gasteiger partial charge in [-0.1, -0.05) is 36.4 Å². The van der Waals surface area contributed by atoms with Crippen molar-refractivity contribution in [1.29, 1.82) is 0 Å². The van der Waals surface area contributed by atoms with Crippen LogP contribution in [0.4, 0.5) is 10.5 Å². The largest absolute Gasteiger partial charge is 0.497 e. The van der Waals surface area contributed by atoms with Gasteiger partial charge in [-0.15, -0.1) is 0 Å². The first-order valence-electron chi connectivity index (χ1n) is 6.92. The van der Waals surface area contributed by atoms with Crippen molar-refractivity contribution >= 4 is 11.8 Å². The molecule has 2 aromatic carbocycles. The van der Waals surface area contributed by atoms with Gasteiger partial charge in [0.1, 0.15) is 12.4 Å². The van der Waals surface area contributed by atoms with Gasteiger partial charge in [0.25, 0.3) is 0 Å². The number of methoxy groups -OCH3 is 1. The highest BCUT2D eigenvalue weighted by atomic mass is 16.6. The van der Waals surface area contributed by atoms with Crippen LogP contribution in [-0.4, -0.2) is 25.9 Å². The smallest absolute Gasteiger partial charge is 0.414 e. The summed E-state index contributed by atoms with van der Waals surface area (Å²) >= 11 is 0. The molecule has 1 amide bonds. The van der Waals surface area contributed by atoms with Gasteiger partial charge in [-0.3, -0.25) is 4.90 Å². The first-order valence-corrected chi connectivity index (χ1v) is 6.92. The maximum absolute atomic E-state index is 12.0. The number of amides is 1. The Labute approximate surface area is 123 Å². The van der Waals surface area contributed by atoms with E-state index in [1.165, 1.54) is 5.56 Å². The van der Waals surface area contributed by atoms with Crippen LogP contribution < -0.4 is 9.64 Å². The van der Waals surface area contributed by atoms with E-state index in [0.29, 0.717) is 6.61 Å². The van der Waals surface area contributed by atoms with Crippen LogP contribution >= 0.6 is 0 Å². The van der Waals surface area contributed by atoms with Crippen molar-refractivity contribution in [3.05, 3.63) is 60.2 Å². The van der Waals surface area contributed by atoms with Gasteiger partial charge >= 0.3 is 6.09 Å². The van der Waals surface area contributed by atoms with Gasteiger partial charge in [-0.05, 0) is 24.1 Å². The molecule has 0 aliphatic carbocycles. The summed E-state index contributed by atoms with van der Waals surface area (Å²) < 4.78 is 10.4. The molecule has 1 aliphatic heterocycles. The van der Waals surface area contributed by atoms with E-state index in [1.54, 1.807) is 12.0 Å². The summed E-state index contributed by atoms with van der Waals surface area (Å²) in [5, 5.41) is 0. The molecule has 4 heteroatoms. The van der Waals surface area contributed by atoms with Crippen LogP contribution in [0.3, 0.4) is 0 Å². The van der Waals surface area contributed by atoms with Crippen molar-refractivity contribution in [2.75, 3.05) is 18.6 Å². The molecule has 0 aromatic heterocycles. The molecule has 1 saturated heterocycles. The molecule has 108 valence electrons. The van der Waals surface area contributed by atoms with E-state index >= 15 is 0 Å².